The van der Waals surface area contributed by atoms with Crippen molar-refractivity contribution in [1.29, 1.82) is 0 Å². The number of hydrogen-bond donors (Lipinski definition) is 3. The summed E-state index contributed by atoms with van der Waals surface area (Å²) in [4.78, 5) is 29.6. The smallest absolute Gasteiger partial charge is 0.257 e. The summed E-state index contributed by atoms with van der Waals surface area (Å²) in [5.41, 5.74) is 0.975. The first-order valence-corrected chi connectivity index (χ1v) is 11.8. The van der Waals surface area contributed by atoms with Crippen molar-refractivity contribution in [1.82, 2.24) is 14.6 Å². The minimum Gasteiger partial charge on any atom is -0.361 e. The van der Waals surface area contributed by atoms with E-state index in [-0.39, 0.29) is 35.0 Å². The molecule has 0 bridgehead atoms. The van der Waals surface area contributed by atoms with Crippen molar-refractivity contribution in [2.24, 2.45) is 0 Å². The number of H-pyrrole nitrogens is 1. The van der Waals surface area contributed by atoms with E-state index in [0.717, 1.165) is 31.4 Å². The zero-order valence-corrected chi connectivity index (χ0v) is 18.7. The Labute approximate surface area is 185 Å². The van der Waals surface area contributed by atoms with Crippen LogP contribution in [0.4, 0.5) is 14.5 Å². The number of nitrogens with one attached hydrogen (secondary N) is 3. The molecule has 2 aromatic rings. The largest absolute Gasteiger partial charge is 0.361 e. The second kappa shape index (κ2) is 9.78. The molecule has 1 aliphatic rings. The van der Waals surface area contributed by atoms with Gasteiger partial charge in [0.2, 0.25) is 15.9 Å². The highest BCUT2D eigenvalue weighted by atomic mass is 32.2. The molecule has 3 rings (SSSR count). The van der Waals surface area contributed by atoms with Gasteiger partial charge in [0.1, 0.15) is 4.90 Å². The maximum atomic E-state index is 13.3. The fraction of sp³-hybridized carbons (Fsp3) is 0.429. The van der Waals surface area contributed by atoms with Gasteiger partial charge in [-0.2, -0.15) is 0 Å². The number of hydrogen-bond acceptors (Lipinski definition) is 4. The molecule has 1 aliphatic heterocycles. The normalized spacial score (nSPS) is 14.4. The Bertz CT molecular complexity index is 1130. The summed E-state index contributed by atoms with van der Waals surface area (Å²) in [5, 5.41) is 2.38. The fourth-order valence-electron chi connectivity index (χ4n) is 3.78. The standard InChI is InChI=1S/C21H26F2N4O4S/c1-13-19(21(29)27-10-4-3-5-11-27)20(14(2)25-13)32(30,31)24-9-8-18(28)26-15-6-7-16(22)17(23)12-15/h6-7,12,24-25H,3-5,8-11H2,1-2H3,(H,26,28). The SMILES string of the molecule is Cc1[nH]c(C)c(S(=O)(=O)NCCC(=O)Nc2ccc(F)c(F)c2)c1C(=O)N1CCCCC1. The zero-order chi connectivity index (χ0) is 23.5. The second-order valence-electron chi connectivity index (χ2n) is 7.76. The van der Waals surface area contributed by atoms with Gasteiger partial charge in [-0.3, -0.25) is 9.59 Å². The molecule has 1 fully saturated rings. The van der Waals surface area contributed by atoms with Crippen LogP contribution < -0.4 is 10.0 Å². The van der Waals surface area contributed by atoms with Crippen molar-refractivity contribution in [2.45, 2.75) is 44.4 Å². The van der Waals surface area contributed by atoms with E-state index in [4.69, 9.17) is 0 Å². The van der Waals surface area contributed by atoms with Crippen LogP contribution in [0, 0.1) is 25.5 Å². The van der Waals surface area contributed by atoms with Gasteiger partial charge in [-0.25, -0.2) is 21.9 Å². The van der Waals surface area contributed by atoms with Crippen molar-refractivity contribution in [3.05, 3.63) is 46.8 Å². The number of sulfonamides is 1. The van der Waals surface area contributed by atoms with Gasteiger partial charge in [0.05, 0.1) is 5.56 Å². The molecule has 8 nitrogen and oxygen atoms in total. The van der Waals surface area contributed by atoms with Crippen LogP contribution >= 0.6 is 0 Å². The Morgan fingerprint density at radius 3 is 2.41 bits per heavy atom. The Kier molecular flexibility index (Phi) is 7.29. The summed E-state index contributed by atoms with van der Waals surface area (Å²) < 4.78 is 54.5. The minimum atomic E-state index is -4.08. The monoisotopic (exact) mass is 468 g/mol. The number of amides is 2. The van der Waals surface area contributed by atoms with E-state index in [0.29, 0.717) is 24.5 Å². The summed E-state index contributed by atoms with van der Waals surface area (Å²) in [6.07, 6.45) is 2.55. The molecule has 1 saturated heterocycles. The Morgan fingerprint density at radius 1 is 1.06 bits per heavy atom. The van der Waals surface area contributed by atoms with E-state index in [1.807, 2.05) is 0 Å². The lowest BCUT2D eigenvalue weighted by Crippen LogP contribution is -2.37. The maximum absolute atomic E-state index is 13.3. The second-order valence-corrected chi connectivity index (χ2v) is 9.46. The molecular weight excluding hydrogens is 442 g/mol. The van der Waals surface area contributed by atoms with Gasteiger partial charge in [0.25, 0.3) is 5.91 Å². The average molecular weight is 469 g/mol. The molecule has 0 aliphatic carbocycles. The van der Waals surface area contributed by atoms with Gasteiger partial charge in [0.15, 0.2) is 11.6 Å². The van der Waals surface area contributed by atoms with Crippen LogP contribution in [0.25, 0.3) is 0 Å². The predicted octanol–water partition coefficient (Wildman–Crippen LogP) is 2.84. The number of likely N-dealkylation sites (tertiary alicyclic amines) is 1. The molecule has 3 N–H and O–H groups in total. The predicted molar refractivity (Wildman–Crippen MR) is 115 cm³/mol. The third-order valence-corrected chi connectivity index (χ3v) is 6.92. The number of benzene rings is 1. The summed E-state index contributed by atoms with van der Waals surface area (Å²) >= 11 is 0. The molecule has 32 heavy (non-hydrogen) atoms. The van der Waals surface area contributed by atoms with E-state index in [2.05, 4.69) is 15.0 Å². The molecule has 0 unspecified atom stereocenters. The lowest BCUT2D eigenvalue weighted by molar-refractivity contribution is -0.116. The summed E-state index contributed by atoms with van der Waals surface area (Å²) in [7, 11) is -4.08. The Balaban J connectivity index is 1.68. The molecule has 174 valence electrons. The van der Waals surface area contributed by atoms with Gasteiger partial charge in [0, 0.05) is 49.2 Å². The average Bonchev–Trinajstić information content (AvgIpc) is 3.05. The number of anilines is 1. The molecule has 0 atom stereocenters. The van der Waals surface area contributed by atoms with Crippen LogP contribution in [-0.4, -0.2) is 49.8 Å². The first-order valence-electron chi connectivity index (χ1n) is 10.3. The van der Waals surface area contributed by atoms with Crippen molar-refractivity contribution in [3.8, 4) is 0 Å². The topological polar surface area (TPSA) is 111 Å². The number of halogens is 2. The highest BCUT2D eigenvalue weighted by Gasteiger charge is 2.31. The quantitative estimate of drug-likeness (QED) is 0.580. The van der Waals surface area contributed by atoms with E-state index >= 15 is 0 Å². The first kappa shape index (κ1) is 23.9. The van der Waals surface area contributed by atoms with Crippen molar-refractivity contribution < 1.29 is 26.8 Å². The lowest BCUT2D eigenvalue weighted by atomic mass is 10.1. The molecule has 1 aromatic carbocycles. The molecule has 2 heterocycles. The van der Waals surface area contributed by atoms with Crippen LogP contribution in [0.1, 0.15) is 47.4 Å². The molecule has 11 heteroatoms. The van der Waals surface area contributed by atoms with Crippen LogP contribution in [0.3, 0.4) is 0 Å². The van der Waals surface area contributed by atoms with Gasteiger partial charge in [-0.15, -0.1) is 0 Å². The van der Waals surface area contributed by atoms with Gasteiger partial charge >= 0.3 is 0 Å². The highest BCUT2D eigenvalue weighted by molar-refractivity contribution is 7.89. The summed E-state index contributed by atoms with van der Waals surface area (Å²) in [6.45, 7) is 4.15. The molecule has 0 radical (unpaired) electrons. The Hall–Kier alpha value is -2.79. The number of aromatic nitrogens is 1. The van der Waals surface area contributed by atoms with Gasteiger partial charge in [-0.05, 0) is 45.2 Å². The number of aromatic amines is 1. The molecule has 2 amide bonds. The zero-order valence-electron chi connectivity index (χ0n) is 17.9. The number of aryl methyl sites for hydroxylation is 2. The van der Waals surface area contributed by atoms with E-state index in [1.54, 1.807) is 18.7 Å². The summed E-state index contributed by atoms with van der Waals surface area (Å²) in [6, 6.07) is 2.91. The number of piperidine rings is 1. The van der Waals surface area contributed by atoms with E-state index in [1.165, 1.54) is 6.07 Å². The van der Waals surface area contributed by atoms with E-state index < -0.39 is 27.6 Å². The van der Waals surface area contributed by atoms with Crippen LogP contribution in [0.5, 0.6) is 0 Å². The van der Waals surface area contributed by atoms with Crippen molar-refractivity contribution in [3.63, 3.8) is 0 Å². The van der Waals surface area contributed by atoms with Gasteiger partial charge < -0.3 is 15.2 Å². The maximum Gasteiger partial charge on any atom is 0.257 e. The molecule has 1 aromatic heterocycles. The minimum absolute atomic E-state index is 0.0586. The summed E-state index contributed by atoms with van der Waals surface area (Å²) in [5.74, 6) is -3.05. The third kappa shape index (κ3) is 5.33. The van der Waals surface area contributed by atoms with Crippen molar-refractivity contribution in [2.75, 3.05) is 25.0 Å². The highest BCUT2D eigenvalue weighted by Crippen LogP contribution is 2.26. The Morgan fingerprint density at radius 2 is 1.75 bits per heavy atom. The third-order valence-electron chi connectivity index (χ3n) is 5.29. The van der Waals surface area contributed by atoms with Crippen LogP contribution in [0.2, 0.25) is 0 Å². The van der Waals surface area contributed by atoms with E-state index in [9.17, 15) is 26.8 Å². The molecular formula is C21H26F2N4O4S. The number of carbonyl (C=O) groups excluding carboxylic acids is 2. The van der Waals surface area contributed by atoms with Gasteiger partial charge in [-0.1, -0.05) is 0 Å². The molecule has 0 saturated carbocycles. The number of nitrogens with zero attached hydrogens (tertiary/aromatic N) is 1. The number of rotatable bonds is 7. The van der Waals surface area contributed by atoms with Crippen LogP contribution in [-0.2, 0) is 14.8 Å². The first-order chi connectivity index (χ1) is 15.1. The van der Waals surface area contributed by atoms with Crippen molar-refractivity contribution >= 4 is 27.5 Å². The lowest BCUT2D eigenvalue weighted by Gasteiger charge is -2.27. The fourth-order valence-corrected chi connectivity index (χ4v) is 5.25. The van der Waals surface area contributed by atoms with Crippen LogP contribution in [0.15, 0.2) is 23.1 Å². The molecule has 0 spiro atoms. The number of carbonyl (C=O) groups is 2.